The van der Waals surface area contributed by atoms with Crippen LogP contribution in [0.1, 0.15) is 0 Å². The van der Waals surface area contributed by atoms with E-state index in [1.165, 1.54) is 27.3 Å². The number of para-hydroxylation sites is 3. The second kappa shape index (κ2) is 7.22. The van der Waals surface area contributed by atoms with Crippen LogP contribution in [0.5, 0.6) is 34.8 Å². The molecular formula is C34H17B2N3O3. The highest BCUT2D eigenvalue weighted by Gasteiger charge is 2.46. The Bertz CT molecular complexity index is 2380. The average Bonchev–Trinajstić information content (AvgIpc) is 3.37. The standard InChI is InChI=1S/C34H17B2N3O3/c1-3-12-22-18(8-1)19-9-5-11-21-30(19)39(22)23-13-6-15-25-28(23)36(21)32-34(41-25)38-33-31(37-32)35-20-10-2-4-14-24(20)40-26-16-7-17-27(42-33)29(26)35/h1-17H. The predicted octanol–water partition coefficient (Wildman–Crippen LogP) is 3.24. The van der Waals surface area contributed by atoms with Gasteiger partial charge in [0.15, 0.2) is 0 Å². The van der Waals surface area contributed by atoms with Crippen LogP contribution in [0.3, 0.4) is 0 Å². The van der Waals surface area contributed by atoms with Gasteiger partial charge in [0.05, 0.1) is 16.7 Å². The van der Waals surface area contributed by atoms with E-state index in [9.17, 15) is 0 Å². The third kappa shape index (κ3) is 2.42. The number of ether oxygens (including phenoxy) is 3. The van der Waals surface area contributed by atoms with Crippen LogP contribution in [0.4, 0.5) is 0 Å². The highest BCUT2D eigenvalue weighted by atomic mass is 16.5. The summed E-state index contributed by atoms with van der Waals surface area (Å²) in [6.45, 7) is -0.296. The Kier molecular flexibility index (Phi) is 3.66. The molecule has 2 aromatic heterocycles. The lowest BCUT2D eigenvalue weighted by Gasteiger charge is -2.35. The molecule has 0 bridgehead atoms. The van der Waals surface area contributed by atoms with Gasteiger partial charge in [0.25, 0.3) is 13.4 Å². The van der Waals surface area contributed by atoms with Crippen molar-refractivity contribution in [3.8, 4) is 40.4 Å². The van der Waals surface area contributed by atoms with E-state index in [2.05, 4.69) is 65.2 Å². The highest BCUT2D eigenvalue weighted by Crippen LogP contribution is 2.38. The fourth-order valence-electron chi connectivity index (χ4n) is 7.60. The SMILES string of the molecule is c1ccc2c(c1)Oc1cccc3c1B2c1nc2c(nc1O3)Oc1cccc3c1B2c1cccc2c4ccccc4n-3c12. The fraction of sp³-hybridized carbons (Fsp3) is 0. The lowest BCUT2D eigenvalue weighted by Crippen LogP contribution is -2.64. The molecule has 6 heterocycles. The van der Waals surface area contributed by atoms with Gasteiger partial charge in [-0.1, -0.05) is 66.7 Å². The van der Waals surface area contributed by atoms with E-state index in [-0.39, 0.29) is 13.4 Å². The van der Waals surface area contributed by atoms with E-state index in [0.29, 0.717) is 11.8 Å². The molecule has 0 saturated carbocycles. The minimum atomic E-state index is -0.162. The summed E-state index contributed by atoms with van der Waals surface area (Å²) in [5.41, 5.74) is 9.47. The summed E-state index contributed by atoms with van der Waals surface area (Å²) >= 11 is 0. The molecule has 0 spiro atoms. The van der Waals surface area contributed by atoms with Crippen molar-refractivity contribution in [2.24, 2.45) is 0 Å². The molecule has 192 valence electrons. The van der Waals surface area contributed by atoms with Crippen molar-refractivity contribution in [1.29, 1.82) is 0 Å². The van der Waals surface area contributed by atoms with E-state index in [0.717, 1.165) is 56.3 Å². The van der Waals surface area contributed by atoms with Crippen molar-refractivity contribution in [2.75, 3.05) is 0 Å². The molecule has 4 aliphatic heterocycles. The largest absolute Gasteiger partial charge is 0.458 e. The van der Waals surface area contributed by atoms with E-state index >= 15 is 0 Å². The van der Waals surface area contributed by atoms with Gasteiger partial charge in [0, 0.05) is 27.4 Å². The molecule has 0 unspecified atom stereocenters. The molecule has 11 rings (SSSR count). The molecule has 6 nitrogen and oxygen atoms in total. The Morgan fingerprint density at radius 3 is 2.00 bits per heavy atom. The molecule has 0 aliphatic carbocycles. The van der Waals surface area contributed by atoms with E-state index in [4.69, 9.17) is 24.2 Å². The first kappa shape index (κ1) is 21.3. The monoisotopic (exact) mass is 537 g/mol. The molecule has 0 atom stereocenters. The zero-order valence-corrected chi connectivity index (χ0v) is 22.0. The summed E-state index contributed by atoms with van der Waals surface area (Å²) in [5, 5.41) is 2.47. The van der Waals surface area contributed by atoms with Crippen LogP contribution < -0.4 is 47.2 Å². The van der Waals surface area contributed by atoms with Crippen LogP contribution >= 0.6 is 0 Å². The molecule has 42 heavy (non-hydrogen) atoms. The van der Waals surface area contributed by atoms with Gasteiger partial charge in [0.2, 0.25) is 11.8 Å². The van der Waals surface area contributed by atoms with Crippen molar-refractivity contribution >= 4 is 68.3 Å². The molecule has 0 amide bonds. The molecular weight excluding hydrogens is 520 g/mol. The lowest BCUT2D eigenvalue weighted by molar-refractivity contribution is 0.424. The number of benzene rings is 5. The second-order valence-electron chi connectivity index (χ2n) is 11.3. The first-order valence-corrected chi connectivity index (χ1v) is 14.2. The van der Waals surface area contributed by atoms with Crippen molar-refractivity contribution in [2.45, 2.75) is 0 Å². The van der Waals surface area contributed by atoms with Crippen LogP contribution in [-0.4, -0.2) is 28.0 Å². The predicted molar refractivity (Wildman–Crippen MR) is 165 cm³/mol. The first-order valence-electron chi connectivity index (χ1n) is 14.2. The number of hydrogen-bond acceptors (Lipinski definition) is 5. The minimum Gasteiger partial charge on any atom is -0.458 e. The molecule has 5 aromatic carbocycles. The summed E-state index contributed by atoms with van der Waals surface area (Å²) in [7, 11) is 0. The third-order valence-corrected chi connectivity index (χ3v) is 9.22. The Morgan fingerprint density at radius 1 is 0.500 bits per heavy atom. The molecule has 4 aliphatic rings. The van der Waals surface area contributed by atoms with Crippen molar-refractivity contribution in [1.82, 2.24) is 14.5 Å². The molecule has 0 radical (unpaired) electrons. The van der Waals surface area contributed by atoms with Gasteiger partial charge in [-0.05, 0) is 52.8 Å². The van der Waals surface area contributed by atoms with Crippen molar-refractivity contribution in [3.05, 3.63) is 103 Å². The van der Waals surface area contributed by atoms with Gasteiger partial charge in [-0.2, -0.15) is 4.98 Å². The lowest BCUT2D eigenvalue weighted by atomic mass is 9.34. The summed E-state index contributed by atoms with van der Waals surface area (Å²) < 4.78 is 21.7. The quantitative estimate of drug-likeness (QED) is 0.278. The maximum absolute atomic E-state index is 6.56. The van der Waals surface area contributed by atoms with Crippen molar-refractivity contribution in [3.63, 3.8) is 0 Å². The third-order valence-electron chi connectivity index (χ3n) is 9.22. The molecule has 0 saturated heterocycles. The zero-order valence-electron chi connectivity index (χ0n) is 22.0. The smallest absolute Gasteiger partial charge is 0.286 e. The molecule has 0 fully saturated rings. The summed E-state index contributed by atoms with van der Waals surface area (Å²) in [4.78, 5) is 10.5. The van der Waals surface area contributed by atoms with Crippen LogP contribution in [0.15, 0.2) is 103 Å². The van der Waals surface area contributed by atoms with Crippen LogP contribution in [0, 0.1) is 0 Å². The average molecular weight is 537 g/mol. The normalized spacial score (nSPS) is 14.2. The summed E-state index contributed by atoms with van der Waals surface area (Å²) in [6, 6.07) is 35.6. The first-order chi connectivity index (χ1) is 20.8. The van der Waals surface area contributed by atoms with E-state index < -0.39 is 0 Å². The van der Waals surface area contributed by atoms with Gasteiger partial charge in [-0.15, -0.1) is 0 Å². The number of aromatic nitrogens is 3. The van der Waals surface area contributed by atoms with Crippen molar-refractivity contribution < 1.29 is 14.2 Å². The van der Waals surface area contributed by atoms with Gasteiger partial charge < -0.3 is 18.8 Å². The van der Waals surface area contributed by atoms with Gasteiger partial charge in [0.1, 0.15) is 23.0 Å². The molecule has 8 heteroatoms. The number of hydrogen-bond donors (Lipinski definition) is 0. The van der Waals surface area contributed by atoms with Gasteiger partial charge in [-0.25, -0.2) is 0 Å². The van der Waals surface area contributed by atoms with Gasteiger partial charge in [-0.3, -0.25) is 4.98 Å². The Labute approximate surface area is 240 Å². The fourth-order valence-corrected chi connectivity index (χ4v) is 7.60. The maximum Gasteiger partial charge on any atom is 0.286 e. The van der Waals surface area contributed by atoms with Gasteiger partial charge >= 0.3 is 0 Å². The minimum absolute atomic E-state index is 0.134. The Morgan fingerprint density at radius 2 is 1.12 bits per heavy atom. The molecule has 0 N–H and O–H groups in total. The zero-order chi connectivity index (χ0) is 27.1. The Hall–Kier alpha value is -5.49. The van der Waals surface area contributed by atoms with Crippen LogP contribution in [0.2, 0.25) is 0 Å². The summed E-state index contributed by atoms with van der Waals surface area (Å²) in [5.74, 6) is 4.12. The topological polar surface area (TPSA) is 58.4 Å². The molecule has 7 aromatic rings. The highest BCUT2D eigenvalue weighted by molar-refractivity contribution is 7.00. The van der Waals surface area contributed by atoms with E-state index in [1.807, 2.05) is 42.5 Å². The number of fused-ring (bicyclic) bond motifs is 11. The maximum atomic E-state index is 6.56. The second-order valence-corrected chi connectivity index (χ2v) is 11.3. The van der Waals surface area contributed by atoms with E-state index in [1.54, 1.807) is 0 Å². The van der Waals surface area contributed by atoms with Crippen LogP contribution in [-0.2, 0) is 0 Å². The number of nitrogens with zero attached hydrogens (tertiary/aromatic N) is 3. The Balaban J connectivity index is 1.23. The van der Waals surface area contributed by atoms with Crippen LogP contribution in [0.25, 0.3) is 27.5 Å². The number of rotatable bonds is 0. The summed E-state index contributed by atoms with van der Waals surface area (Å²) in [6.07, 6.45) is 0.